The SMILES string of the molecule is CN(CCNc1c(Br)cc(N)c2c1C(=O)c1ccccc1C2=O)CC1COC(=O)O1. The van der Waals surface area contributed by atoms with Gasteiger partial charge >= 0.3 is 6.16 Å². The Hall–Kier alpha value is -2.91. The number of ketones is 2. The monoisotopic (exact) mass is 473 g/mol. The van der Waals surface area contributed by atoms with Gasteiger partial charge in [-0.3, -0.25) is 9.59 Å². The second-order valence-corrected chi connectivity index (χ2v) is 8.12. The molecule has 2 aromatic rings. The molecular formula is C21H20BrN3O5. The van der Waals surface area contributed by atoms with Crippen molar-refractivity contribution in [2.75, 3.05) is 44.3 Å². The number of fused-ring (bicyclic) bond motifs is 2. The van der Waals surface area contributed by atoms with E-state index in [9.17, 15) is 14.4 Å². The standard InChI is InChI=1S/C21H20BrN3O5/c1-25(9-11-10-29-21(28)30-11)7-6-24-18-14(22)8-15(23)16-17(18)20(27)13-5-3-2-4-12(13)19(16)26/h2-5,8,11,24H,6-7,9-10,23H2,1H3. The van der Waals surface area contributed by atoms with Crippen molar-refractivity contribution in [3.05, 3.63) is 57.1 Å². The Morgan fingerprint density at radius 3 is 2.47 bits per heavy atom. The highest BCUT2D eigenvalue weighted by Gasteiger charge is 2.34. The van der Waals surface area contributed by atoms with E-state index in [-0.39, 0.29) is 41.1 Å². The molecule has 1 saturated heterocycles. The van der Waals surface area contributed by atoms with Gasteiger partial charge in [-0.15, -0.1) is 0 Å². The van der Waals surface area contributed by atoms with Gasteiger partial charge in [-0.2, -0.15) is 0 Å². The Balaban J connectivity index is 1.54. The van der Waals surface area contributed by atoms with E-state index in [2.05, 4.69) is 21.2 Å². The van der Waals surface area contributed by atoms with Crippen molar-refractivity contribution in [1.29, 1.82) is 0 Å². The minimum atomic E-state index is -0.646. The first-order valence-corrected chi connectivity index (χ1v) is 10.2. The fourth-order valence-electron chi connectivity index (χ4n) is 3.73. The molecule has 9 heteroatoms. The first-order valence-electron chi connectivity index (χ1n) is 9.43. The van der Waals surface area contributed by atoms with E-state index >= 15 is 0 Å². The summed E-state index contributed by atoms with van der Waals surface area (Å²) in [6, 6.07) is 8.39. The number of anilines is 2. The van der Waals surface area contributed by atoms with Crippen LogP contribution < -0.4 is 11.1 Å². The van der Waals surface area contributed by atoms with E-state index in [0.29, 0.717) is 40.9 Å². The van der Waals surface area contributed by atoms with Gasteiger partial charge in [0.2, 0.25) is 0 Å². The number of cyclic esters (lactones) is 2. The molecule has 156 valence electrons. The van der Waals surface area contributed by atoms with Crippen LogP contribution in [-0.4, -0.2) is 62.0 Å². The maximum atomic E-state index is 13.2. The Labute approximate surface area is 181 Å². The minimum absolute atomic E-state index is 0.229. The smallest absolute Gasteiger partial charge is 0.430 e. The van der Waals surface area contributed by atoms with Crippen LogP contribution in [0.3, 0.4) is 0 Å². The van der Waals surface area contributed by atoms with Crippen molar-refractivity contribution in [2.45, 2.75) is 6.10 Å². The Kier molecular flexibility index (Phi) is 5.48. The summed E-state index contributed by atoms with van der Waals surface area (Å²) >= 11 is 3.46. The molecule has 0 saturated carbocycles. The van der Waals surface area contributed by atoms with Gasteiger partial charge in [0.1, 0.15) is 6.61 Å². The van der Waals surface area contributed by atoms with Crippen molar-refractivity contribution in [2.24, 2.45) is 0 Å². The summed E-state index contributed by atoms with van der Waals surface area (Å²) in [5.41, 5.74) is 8.15. The lowest BCUT2D eigenvalue weighted by atomic mass is 9.82. The minimum Gasteiger partial charge on any atom is -0.430 e. The first kappa shape index (κ1) is 20.4. The first-order chi connectivity index (χ1) is 14.4. The van der Waals surface area contributed by atoms with Gasteiger partial charge in [-0.1, -0.05) is 24.3 Å². The lowest BCUT2D eigenvalue weighted by molar-refractivity contribution is 0.0980. The summed E-state index contributed by atoms with van der Waals surface area (Å²) in [5.74, 6) is -0.493. The van der Waals surface area contributed by atoms with Crippen molar-refractivity contribution < 1.29 is 23.9 Å². The normalized spacial score (nSPS) is 17.4. The molecule has 4 rings (SSSR count). The van der Waals surface area contributed by atoms with Gasteiger partial charge in [0.05, 0.1) is 16.8 Å². The Morgan fingerprint density at radius 2 is 1.83 bits per heavy atom. The number of nitrogen functional groups attached to an aromatic ring is 1. The summed E-state index contributed by atoms with van der Waals surface area (Å²) in [7, 11) is 1.90. The third-order valence-corrected chi connectivity index (χ3v) is 5.77. The molecule has 2 aromatic carbocycles. The molecule has 3 N–H and O–H groups in total. The van der Waals surface area contributed by atoms with E-state index < -0.39 is 6.16 Å². The molecule has 0 spiro atoms. The third kappa shape index (κ3) is 3.66. The van der Waals surface area contributed by atoms with Gasteiger partial charge in [0.15, 0.2) is 17.7 Å². The second kappa shape index (κ2) is 8.08. The molecule has 1 fully saturated rings. The number of ether oxygens (including phenoxy) is 2. The number of carbonyl (C=O) groups excluding carboxylic acids is 3. The van der Waals surface area contributed by atoms with Crippen LogP contribution in [-0.2, 0) is 9.47 Å². The van der Waals surface area contributed by atoms with Gasteiger partial charge in [0, 0.05) is 40.9 Å². The fraction of sp³-hybridized carbons (Fsp3) is 0.286. The number of benzene rings is 2. The molecule has 0 amide bonds. The van der Waals surface area contributed by atoms with Gasteiger partial charge in [0.25, 0.3) is 0 Å². The number of nitrogens with one attached hydrogen (secondary N) is 1. The van der Waals surface area contributed by atoms with Gasteiger partial charge < -0.3 is 25.4 Å². The van der Waals surface area contributed by atoms with Crippen LogP contribution in [0.4, 0.5) is 16.2 Å². The molecule has 8 nitrogen and oxygen atoms in total. The zero-order valence-corrected chi connectivity index (χ0v) is 17.8. The summed E-state index contributed by atoms with van der Waals surface area (Å²) in [6.45, 7) is 1.87. The van der Waals surface area contributed by atoms with Crippen molar-refractivity contribution in [3.8, 4) is 0 Å². The van der Waals surface area contributed by atoms with E-state index in [1.165, 1.54) is 0 Å². The average molecular weight is 474 g/mol. The predicted molar refractivity (Wildman–Crippen MR) is 114 cm³/mol. The van der Waals surface area contributed by atoms with Gasteiger partial charge in [-0.05, 0) is 29.0 Å². The van der Waals surface area contributed by atoms with Crippen molar-refractivity contribution in [1.82, 2.24) is 4.90 Å². The number of rotatable bonds is 6. The van der Waals surface area contributed by atoms with E-state index in [4.69, 9.17) is 15.2 Å². The Bertz CT molecular complexity index is 1060. The fourth-order valence-corrected chi connectivity index (χ4v) is 4.31. The maximum Gasteiger partial charge on any atom is 0.508 e. The quantitative estimate of drug-likeness (QED) is 0.415. The van der Waals surface area contributed by atoms with Gasteiger partial charge in [-0.25, -0.2) is 4.79 Å². The molecule has 2 aliphatic rings. The highest BCUT2D eigenvalue weighted by Crippen LogP contribution is 2.39. The number of carbonyl (C=O) groups is 3. The van der Waals surface area contributed by atoms with E-state index in [1.54, 1.807) is 30.3 Å². The zero-order chi connectivity index (χ0) is 21.4. The molecule has 0 radical (unpaired) electrons. The average Bonchev–Trinajstić information content (AvgIpc) is 3.12. The molecule has 30 heavy (non-hydrogen) atoms. The largest absolute Gasteiger partial charge is 0.508 e. The van der Waals surface area contributed by atoms with Crippen molar-refractivity contribution >= 4 is 45.0 Å². The lowest BCUT2D eigenvalue weighted by Crippen LogP contribution is -2.34. The van der Waals surface area contributed by atoms with Crippen LogP contribution in [0, 0.1) is 0 Å². The molecule has 0 aromatic heterocycles. The lowest BCUT2D eigenvalue weighted by Gasteiger charge is -2.24. The zero-order valence-electron chi connectivity index (χ0n) is 16.2. The number of nitrogens with zero attached hydrogens (tertiary/aromatic N) is 1. The van der Waals surface area contributed by atoms with E-state index in [0.717, 1.165) is 0 Å². The van der Waals surface area contributed by atoms with Crippen LogP contribution in [0.2, 0.25) is 0 Å². The highest BCUT2D eigenvalue weighted by molar-refractivity contribution is 9.10. The Morgan fingerprint density at radius 1 is 1.17 bits per heavy atom. The molecule has 1 unspecified atom stereocenters. The molecule has 0 bridgehead atoms. The second-order valence-electron chi connectivity index (χ2n) is 7.27. The van der Waals surface area contributed by atoms with Crippen LogP contribution in [0.5, 0.6) is 0 Å². The summed E-state index contributed by atoms with van der Waals surface area (Å²) in [4.78, 5) is 39.2. The number of halogens is 1. The summed E-state index contributed by atoms with van der Waals surface area (Å²) < 4.78 is 10.4. The predicted octanol–water partition coefficient (Wildman–Crippen LogP) is 2.69. The number of likely N-dealkylation sites (N-methyl/N-ethyl adjacent to an activating group) is 1. The number of nitrogens with two attached hydrogens (primary N) is 1. The number of hydrogen-bond donors (Lipinski definition) is 2. The van der Waals surface area contributed by atoms with E-state index in [1.807, 2.05) is 11.9 Å². The maximum absolute atomic E-state index is 13.2. The topological polar surface area (TPSA) is 111 Å². The third-order valence-electron chi connectivity index (χ3n) is 5.14. The molecule has 1 atom stereocenters. The van der Waals surface area contributed by atoms with Crippen LogP contribution in [0.1, 0.15) is 31.8 Å². The molecule has 1 aliphatic heterocycles. The van der Waals surface area contributed by atoms with Crippen molar-refractivity contribution in [3.63, 3.8) is 0 Å². The molecular weight excluding hydrogens is 454 g/mol. The van der Waals surface area contributed by atoms with Crippen LogP contribution in [0.15, 0.2) is 34.8 Å². The number of hydrogen-bond acceptors (Lipinski definition) is 8. The molecule has 1 heterocycles. The highest BCUT2D eigenvalue weighted by atomic mass is 79.9. The summed E-state index contributed by atoms with van der Waals surface area (Å²) in [6.07, 6.45) is -0.943. The van der Waals surface area contributed by atoms with Crippen LogP contribution >= 0.6 is 15.9 Å². The van der Waals surface area contributed by atoms with Crippen LogP contribution in [0.25, 0.3) is 0 Å². The summed E-state index contributed by atoms with van der Waals surface area (Å²) in [5, 5.41) is 3.26. The molecule has 1 aliphatic carbocycles.